The number of carbonyl (C=O) groups is 1. The fraction of sp³-hybridized carbons (Fsp3) is 0.571. The zero-order valence-electron chi connectivity index (χ0n) is 5.59. The maximum absolute atomic E-state index is 10.8. The second kappa shape index (κ2) is 3.11. The summed E-state index contributed by atoms with van der Waals surface area (Å²) < 4.78 is 0. The van der Waals surface area contributed by atoms with Gasteiger partial charge in [0.25, 0.3) is 0 Å². The van der Waals surface area contributed by atoms with Gasteiger partial charge in [-0.2, -0.15) is 0 Å². The van der Waals surface area contributed by atoms with Gasteiger partial charge in [0.15, 0.2) is 6.11 Å². The van der Waals surface area contributed by atoms with Gasteiger partial charge in [-0.1, -0.05) is 0 Å². The molecule has 1 radical (unpaired) electrons. The van der Waals surface area contributed by atoms with Crippen molar-refractivity contribution >= 4 is 5.91 Å². The van der Waals surface area contributed by atoms with Gasteiger partial charge in [0, 0.05) is 13.0 Å². The van der Waals surface area contributed by atoms with Crippen molar-refractivity contribution in [3.63, 3.8) is 0 Å². The van der Waals surface area contributed by atoms with E-state index in [9.17, 15) is 9.90 Å². The molecule has 1 saturated heterocycles. The van der Waals surface area contributed by atoms with E-state index in [2.05, 4.69) is 5.92 Å². The minimum Gasteiger partial charge on any atom is -0.331 e. The average molecular weight is 138 g/mol. The lowest BCUT2D eigenvalue weighted by molar-refractivity contribution is -0.127. The summed E-state index contributed by atoms with van der Waals surface area (Å²) >= 11 is 0. The highest BCUT2D eigenvalue weighted by Crippen LogP contribution is 2.07. The van der Waals surface area contributed by atoms with Crippen LogP contribution >= 0.6 is 0 Å². The third-order valence-electron chi connectivity index (χ3n) is 1.51. The molecule has 0 atom stereocenters. The molecule has 0 aromatic carbocycles. The maximum Gasteiger partial charge on any atom is 0.223 e. The second-order valence-corrected chi connectivity index (χ2v) is 2.20. The van der Waals surface area contributed by atoms with Crippen LogP contribution in [0.4, 0.5) is 0 Å². The molecule has 0 aliphatic carbocycles. The summed E-state index contributed by atoms with van der Waals surface area (Å²) in [5.41, 5.74) is 0. The van der Waals surface area contributed by atoms with Gasteiger partial charge in [-0.05, 0) is 12.3 Å². The number of hydrogen-bond donors (Lipinski definition) is 0. The Kier molecular flexibility index (Phi) is 2.16. The number of rotatable bonds is 1. The smallest absolute Gasteiger partial charge is 0.223 e. The van der Waals surface area contributed by atoms with Crippen LogP contribution in [0.15, 0.2) is 0 Å². The molecule has 0 unspecified atom stereocenters. The summed E-state index contributed by atoms with van der Waals surface area (Å²) in [5, 5.41) is 9.69. The lowest BCUT2D eigenvalue weighted by Gasteiger charge is -2.09. The predicted molar refractivity (Wildman–Crippen MR) is 34.3 cm³/mol. The standard InChI is InChI=1S/C7H8NO2/c9-6-2-5-8-4-1-3-7(8)10/h1,3-5H2. The van der Waals surface area contributed by atoms with Crippen LogP contribution in [0.3, 0.4) is 0 Å². The first kappa shape index (κ1) is 6.94. The molecule has 1 aliphatic rings. The molecule has 0 N–H and O–H groups in total. The highest BCUT2D eigenvalue weighted by molar-refractivity contribution is 5.78. The van der Waals surface area contributed by atoms with Gasteiger partial charge < -0.3 is 4.90 Å². The largest absolute Gasteiger partial charge is 0.331 e. The lowest BCUT2D eigenvalue weighted by atomic mass is 10.4. The van der Waals surface area contributed by atoms with Crippen LogP contribution in [0.25, 0.3) is 0 Å². The Balaban J connectivity index is 2.38. The van der Waals surface area contributed by atoms with Gasteiger partial charge in [-0.15, -0.1) is 0 Å². The summed E-state index contributed by atoms with van der Waals surface area (Å²) in [5.74, 6) is 2.43. The zero-order chi connectivity index (χ0) is 7.40. The van der Waals surface area contributed by atoms with Gasteiger partial charge in [-0.25, -0.2) is 5.11 Å². The molecular weight excluding hydrogens is 130 g/mol. The molecule has 0 spiro atoms. The van der Waals surface area contributed by atoms with Crippen LogP contribution in [-0.4, -0.2) is 23.9 Å². The van der Waals surface area contributed by atoms with Crippen molar-refractivity contribution in [2.45, 2.75) is 12.8 Å². The summed E-state index contributed by atoms with van der Waals surface area (Å²) in [7, 11) is 0. The number of nitrogens with zero attached hydrogens (tertiary/aromatic N) is 1. The molecular formula is C7H8NO2. The Morgan fingerprint density at radius 1 is 1.60 bits per heavy atom. The molecule has 1 fully saturated rings. The Morgan fingerprint density at radius 3 is 2.90 bits per heavy atom. The van der Waals surface area contributed by atoms with E-state index in [1.807, 2.05) is 0 Å². The van der Waals surface area contributed by atoms with Crippen LogP contribution < -0.4 is 0 Å². The molecule has 0 saturated carbocycles. The van der Waals surface area contributed by atoms with Gasteiger partial charge in [0.05, 0.1) is 6.54 Å². The fourth-order valence-electron chi connectivity index (χ4n) is 0.999. The molecule has 3 nitrogen and oxygen atoms in total. The Morgan fingerprint density at radius 2 is 2.40 bits per heavy atom. The van der Waals surface area contributed by atoms with E-state index in [1.54, 1.807) is 4.90 Å². The first-order chi connectivity index (χ1) is 4.84. The molecule has 1 amide bonds. The minimum atomic E-state index is 0.114. The van der Waals surface area contributed by atoms with E-state index >= 15 is 0 Å². The molecule has 3 heteroatoms. The van der Waals surface area contributed by atoms with Crippen LogP contribution in [0.2, 0.25) is 0 Å². The van der Waals surface area contributed by atoms with Crippen LogP contribution in [-0.2, 0) is 9.90 Å². The molecule has 1 heterocycles. The predicted octanol–water partition coefficient (Wildman–Crippen LogP) is 0.000200. The fourth-order valence-corrected chi connectivity index (χ4v) is 0.999. The Hall–Kier alpha value is -1.17. The summed E-state index contributed by atoms with van der Waals surface area (Å²) in [6.45, 7) is 1.07. The third kappa shape index (κ3) is 1.41. The monoisotopic (exact) mass is 138 g/mol. The van der Waals surface area contributed by atoms with E-state index in [-0.39, 0.29) is 5.91 Å². The van der Waals surface area contributed by atoms with E-state index in [0.717, 1.165) is 13.0 Å². The molecule has 1 rings (SSSR count). The van der Waals surface area contributed by atoms with Crippen LogP contribution in [0.5, 0.6) is 0 Å². The molecule has 0 aromatic rings. The maximum atomic E-state index is 10.8. The van der Waals surface area contributed by atoms with E-state index in [4.69, 9.17) is 0 Å². The molecule has 1 aliphatic heterocycles. The summed E-state index contributed by atoms with van der Waals surface area (Å²) in [6.07, 6.45) is 3.04. The summed E-state index contributed by atoms with van der Waals surface area (Å²) in [6, 6.07) is 0. The molecule has 53 valence electrons. The van der Waals surface area contributed by atoms with Crippen molar-refractivity contribution in [3.05, 3.63) is 0 Å². The number of likely N-dealkylation sites (tertiary alicyclic amines) is 1. The first-order valence-electron chi connectivity index (χ1n) is 3.22. The second-order valence-electron chi connectivity index (χ2n) is 2.20. The third-order valence-corrected chi connectivity index (χ3v) is 1.51. The summed E-state index contributed by atoms with van der Waals surface area (Å²) in [4.78, 5) is 12.4. The zero-order valence-corrected chi connectivity index (χ0v) is 5.59. The van der Waals surface area contributed by atoms with Gasteiger partial charge >= 0.3 is 0 Å². The topological polar surface area (TPSA) is 40.2 Å². The molecule has 0 bridgehead atoms. The van der Waals surface area contributed by atoms with Crippen LogP contribution in [0.1, 0.15) is 12.8 Å². The van der Waals surface area contributed by atoms with Gasteiger partial charge in [0.1, 0.15) is 0 Å². The number of carbonyl (C=O) groups excluding carboxylic acids is 1. The Labute approximate surface area is 59.6 Å². The van der Waals surface area contributed by atoms with Crippen molar-refractivity contribution in [1.29, 1.82) is 0 Å². The van der Waals surface area contributed by atoms with Crippen LogP contribution in [0, 0.1) is 12.0 Å². The van der Waals surface area contributed by atoms with Crippen molar-refractivity contribution in [1.82, 2.24) is 4.90 Å². The SMILES string of the molecule is [O]C#CCN1CCCC1=O. The highest BCUT2D eigenvalue weighted by atomic mass is 16.2. The van der Waals surface area contributed by atoms with E-state index < -0.39 is 0 Å². The number of hydrogen-bond acceptors (Lipinski definition) is 1. The van der Waals surface area contributed by atoms with Crippen molar-refractivity contribution in [2.75, 3.05) is 13.1 Å². The first-order valence-corrected chi connectivity index (χ1v) is 3.22. The average Bonchev–Trinajstić information content (AvgIpc) is 2.31. The lowest BCUT2D eigenvalue weighted by Crippen LogP contribution is -2.24. The normalized spacial score (nSPS) is 16.8. The quantitative estimate of drug-likeness (QED) is 0.470. The van der Waals surface area contributed by atoms with Crippen molar-refractivity contribution in [3.8, 4) is 12.0 Å². The van der Waals surface area contributed by atoms with Gasteiger partial charge in [0.2, 0.25) is 5.91 Å². The van der Waals surface area contributed by atoms with Crippen molar-refractivity contribution < 1.29 is 9.90 Å². The number of amides is 1. The Bertz CT molecular complexity index is 190. The van der Waals surface area contributed by atoms with E-state index in [0.29, 0.717) is 13.0 Å². The molecule has 10 heavy (non-hydrogen) atoms. The minimum absolute atomic E-state index is 0.114. The van der Waals surface area contributed by atoms with Gasteiger partial charge in [-0.3, -0.25) is 4.79 Å². The molecule has 0 aromatic heterocycles. The van der Waals surface area contributed by atoms with Crippen molar-refractivity contribution in [2.24, 2.45) is 0 Å². The van der Waals surface area contributed by atoms with E-state index in [1.165, 1.54) is 6.11 Å². The highest BCUT2D eigenvalue weighted by Gasteiger charge is 2.18.